The minimum Gasteiger partial charge on any atom is -0.450 e. The van der Waals surface area contributed by atoms with E-state index in [4.69, 9.17) is 16.0 Å². The second-order valence-electron chi connectivity index (χ2n) is 6.49. The van der Waals surface area contributed by atoms with E-state index in [9.17, 15) is 14.0 Å². The van der Waals surface area contributed by atoms with E-state index in [1.54, 1.807) is 30.3 Å². The first-order valence-corrected chi connectivity index (χ1v) is 9.04. The molecule has 6 nitrogen and oxygen atoms in total. The van der Waals surface area contributed by atoms with Gasteiger partial charge in [0, 0.05) is 17.4 Å². The van der Waals surface area contributed by atoms with Crippen LogP contribution < -0.4 is 10.3 Å². The van der Waals surface area contributed by atoms with Crippen molar-refractivity contribution in [1.82, 2.24) is 9.97 Å². The molecule has 1 unspecified atom stereocenters. The highest BCUT2D eigenvalue weighted by molar-refractivity contribution is 6.30. The number of hydrogen-bond donors (Lipinski definition) is 0. The van der Waals surface area contributed by atoms with Crippen LogP contribution in [0, 0.1) is 5.82 Å². The van der Waals surface area contributed by atoms with E-state index in [0.29, 0.717) is 10.6 Å². The lowest BCUT2D eigenvalue weighted by atomic mass is 9.98. The van der Waals surface area contributed by atoms with Crippen LogP contribution in [0.5, 0.6) is 0 Å². The Balaban J connectivity index is 1.83. The van der Waals surface area contributed by atoms with Gasteiger partial charge in [-0.05, 0) is 42.0 Å². The summed E-state index contributed by atoms with van der Waals surface area (Å²) in [6, 6.07) is 11.1. The van der Waals surface area contributed by atoms with E-state index in [2.05, 4.69) is 9.97 Å². The minimum atomic E-state index is -0.832. The number of fused-ring (bicyclic) bond motifs is 2. The van der Waals surface area contributed by atoms with Crippen molar-refractivity contribution in [2.75, 3.05) is 4.90 Å². The van der Waals surface area contributed by atoms with Crippen LogP contribution in [-0.4, -0.2) is 15.9 Å². The maximum absolute atomic E-state index is 13.8. The van der Waals surface area contributed by atoms with E-state index in [0.717, 1.165) is 6.07 Å². The second-order valence-corrected chi connectivity index (χ2v) is 6.93. The van der Waals surface area contributed by atoms with E-state index in [1.165, 1.54) is 29.4 Å². The Bertz CT molecular complexity index is 1320. The van der Waals surface area contributed by atoms with E-state index < -0.39 is 23.2 Å². The van der Waals surface area contributed by atoms with Gasteiger partial charge in [-0.15, -0.1) is 0 Å². The summed E-state index contributed by atoms with van der Waals surface area (Å²) in [6.07, 6.45) is 3.00. The molecular formula is C21H11ClFN3O3. The molecular weight excluding hydrogens is 397 g/mol. The predicted molar refractivity (Wildman–Crippen MR) is 105 cm³/mol. The van der Waals surface area contributed by atoms with Crippen LogP contribution in [0.4, 0.5) is 10.3 Å². The molecule has 0 fully saturated rings. The van der Waals surface area contributed by atoms with Gasteiger partial charge in [-0.3, -0.25) is 14.5 Å². The number of benzene rings is 2. The Morgan fingerprint density at radius 3 is 2.48 bits per heavy atom. The van der Waals surface area contributed by atoms with Crippen LogP contribution in [0.15, 0.2) is 70.1 Å². The van der Waals surface area contributed by atoms with Crippen LogP contribution in [0.3, 0.4) is 0 Å². The van der Waals surface area contributed by atoms with Crippen molar-refractivity contribution >= 4 is 34.4 Å². The Kier molecular flexibility index (Phi) is 3.92. The number of aromatic nitrogens is 2. The van der Waals surface area contributed by atoms with Crippen LogP contribution in [0.25, 0.3) is 11.0 Å². The van der Waals surface area contributed by atoms with Gasteiger partial charge in [0.15, 0.2) is 5.43 Å². The fourth-order valence-electron chi connectivity index (χ4n) is 3.53. The molecule has 2 aromatic heterocycles. The normalized spacial score (nSPS) is 15.7. The average molecular weight is 408 g/mol. The van der Waals surface area contributed by atoms with Crippen molar-refractivity contribution in [3.63, 3.8) is 0 Å². The van der Waals surface area contributed by atoms with Crippen LogP contribution in [-0.2, 0) is 0 Å². The molecule has 1 amide bonds. The highest BCUT2D eigenvalue weighted by atomic mass is 35.5. The molecule has 0 aliphatic carbocycles. The Morgan fingerprint density at radius 2 is 1.76 bits per heavy atom. The monoisotopic (exact) mass is 407 g/mol. The fourth-order valence-corrected chi connectivity index (χ4v) is 3.65. The number of hydrogen-bond acceptors (Lipinski definition) is 5. The lowest BCUT2D eigenvalue weighted by molar-refractivity contribution is 0.0969. The summed E-state index contributed by atoms with van der Waals surface area (Å²) in [5, 5.41) is 0.569. The van der Waals surface area contributed by atoms with Crippen molar-refractivity contribution in [2.45, 2.75) is 6.04 Å². The maximum Gasteiger partial charge on any atom is 0.297 e. The smallest absolute Gasteiger partial charge is 0.297 e. The van der Waals surface area contributed by atoms with Crippen molar-refractivity contribution in [2.24, 2.45) is 0 Å². The van der Waals surface area contributed by atoms with Crippen molar-refractivity contribution in [3.05, 3.63) is 98.9 Å². The molecule has 1 aliphatic heterocycles. The summed E-state index contributed by atoms with van der Waals surface area (Å²) in [4.78, 5) is 36.1. The number of carbonyl (C=O) groups is 1. The molecule has 1 atom stereocenters. The molecule has 0 saturated heterocycles. The maximum atomic E-state index is 13.8. The number of carbonyl (C=O) groups excluding carboxylic acids is 1. The number of amides is 1. The molecule has 0 N–H and O–H groups in total. The summed E-state index contributed by atoms with van der Waals surface area (Å²) in [7, 11) is 0. The SMILES string of the molecule is O=C1c2oc3ccc(F)cc3c(=O)c2C(c2ccc(Cl)cc2)N1c1ncccn1. The van der Waals surface area contributed by atoms with Crippen molar-refractivity contribution in [1.29, 1.82) is 0 Å². The molecule has 0 saturated carbocycles. The van der Waals surface area contributed by atoms with Gasteiger partial charge in [-0.25, -0.2) is 14.4 Å². The first-order valence-electron chi connectivity index (χ1n) is 8.67. The van der Waals surface area contributed by atoms with Gasteiger partial charge < -0.3 is 4.42 Å². The molecule has 8 heteroatoms. The molecule has 0 spiro atoms. The number of nitrogens with zero attached hydrogens (tertiary/aromatic N) is 3. The standard InChI is InChI=1S/C21H11ClFN3O3/c22-12-4-2-11(3-5-12)17-16-18(27)14-10-13(23)6-7-15(14)29-19(16)20(28)26(17)21-24-8-1-9-25-21/h1-10,17H. The lowest BCUT2D eigenvalue weighted by Crippen LogP contribution is -2.31. The molecule has 29 heavy (non-hydrogen) atoms. The third-order valence-electron chi connectivity index (χ3n) is 4.79. The Morgan fingerprint density at radius 1 is 1.03 bits per heavy atom. The van der Waals surface area contributed by atoms with Gasteiger partial charge in [0.25, 0.3) is 5.91 Å². The Hall–Kier alpha value is -3.58. The summed E-state index contributed by atoms with van der Waals surface area (Å²) >= 11 is 6.00. The minimum absolute atomic E-state index is 0.0614. The summed E-state index contributed by atoms with van der Waals surface area (Å²) in [6.45, 7) is 0. The molecule has 2 aromatic carbocycles. The van der Waals surface area contributed by atoms with E-state index >= 15 is 0 Å². The molecule has 0 bridgehead atoms. The molecule has 1 aliphatic rings. The topological polar surface area (TPSA) is 76.3 Å². The van der Waals surface area contributed by atoms with Gasteiger partial charge in [0.1, 0.15) is 11.4 Å². The fraction of sp³-hybridized carbons (Fsp3) is 0.0476. The Labute approximate surface area is 168 Å². The summed E-state index contributed by atoms with van der Waals surface area (Å²) < 4.78 is 19.5. The van der Waals surface area contributed by atoms with E-state index in [-0.39, 0.29) is 28.2 Å². The highest BCUT2D eigenvalue weighted by Gasteiger charge is 2.44. The summed E-state index contributed by atoms with van der Waals surface area (Å²) in [5.41, 5.74) is 0.390. The first-order chi connectivity index (χ1) is 14.0. The van der Waals surface area contributed by atoms with Crippen LogP contribution in [0.2, 0.25) is 5.02 Å². The zero-order chi connectivity index (χ0) is 20.1. The predicted octanol–water partition coefficient (Wildman–Crippen LogP) is 4.13. The van der Waals surface area contributed by atoms with Crippen molar-refractivity contribution in [3.8, 4) is 0 Å². The van der Waals surface area contributed by atoms with Crippen LogP contribution >= 0.6 is 11.6 Å². The second kappa shape index (κ2) is 6.49. The quantitative estimate of drug-likeness (QED) is 0.499. The molecule has 142 valence electrons. The lowest BCUT2D eigenvalue weighted by Gasteiger charge is -2.22. The van der Waals surface area contributed by atoms with E-state index in [1.807, 2.05) is 0 Å². The number of rotatable bonds is 2. The number of halogens is 2. The largest absolute Gasteiger partial charge is 0.450 e. The van der Waals surface area contributed by atoms with Gasteiger partial charge >= 0.3 is 0 Å². The molecule has 4 aromatic rings. The van der Waals surface area contributed by atoms with Crippen LogP contribution in [0.1, 0.15) is 27.7 Å². The zero-order valence-electron chi connectivity index (χ0n) is 14.7. The van der Waals surface area contributed by atoms with Crippen molar-refractivity contribution < 1.29 is 13.6 Å². The first kappa shape index (κ1) is 17.5. The van der Waals surface area contributed by atoms with Gasteiger partial charge in [-0.1, -0.05) is 23.7 Å². The third-order valence-corrected chi connectivity index (χ3v) is 5.04. The third kappa shape index (κ3) is 2.70. The van der Waals surface area contributed by atoms with Gasteiger partial charge in [0.2, 0.25) is 11.7 Å². The number of anilines is 1. The zero-order valence-corrected chi connectivity index (χ0v) is 15.4. The molecule has 0 radical (unpaired) electrons. The molecule has 3 heterocycles. The summed E-state index contributed by atoms with van der Waals surface area (Å²) in [5.74, 6) is -1.10. The van der Waals surface area contributed by atoms with Gasteiger partial charge in [-0.2, -0.15) is 0 Å². The molecule has 5 rings (SSSR count). The highest BCUT2D eigenvalue weighted by Crippen LogP contribution is 2.40. The average Bonchev–Trinajstić information content (AvgIpc) is 3.03. The van der Waals surface area contributed by atoms with Gasteiger partial charge in [0.05, 0.1) is 17.0 Å².